The molecule has 4 heterocycles. The molecule has 2 aliphatic heterocycles. The highest BCUT2D eigenvalue weighted by atomic mass is 127. The van der Waals surface area contributed by atoms with Gasteiger partial charge in [0.15, 0.2) is 10.8 Å². The molecule has 0 spiro atoms. The molecule has 0 aliphatic carbocycles. The molecule has 20 heteroatoms. The number of rotatable bonds is 13. The first-order valence-electron chi connectivity index (χ1n) is 16.1. The Balaban J connectivity index is 0.00000650. The Kier molecular flexibility index (Phi) is 14.4. The van der Waals surface area contributed by atoms with E-state index < -0.39 is 40.9 Å². The number of carbonyl (C=O) groups excluding carboxylic acids is 4. The molecule has 0 unspecified atom stereocenters. The second kappa shape index (κ2) is 18.4. The second-order valence-electron chi connectivity index (χ2n) is 12.5. The van der Waals surface area contributed by atoms with Gasteiger partial charge < -0.3 is 58.8 Å². The Morgan fingerprint density at radius 3 is 2.46 bits per heavy atom. The van der Waals surface area contributed by atoms with Crippen LogP contribution in [0.3, 0.4) is 0 Å². The number of pyridine rings is 1. The number of halogens is 1. The van der Waals surface area contributed by atoms with E-state index in [1.54, 1.807) is 76.7 Å². The standard InChI is InChI=1S/C34H39N7O9S3.HI/c1-18-27(47-6)23(12-13-40(18)38-33(45)50-34(2,3)4)51-15-20-16-52-30-25(37-28(42)24(39-48-7)22-17-53-32(35)36-22)29(43)41(30)26(20)31(44)49-14-19-8-10-21(46-5)11-9-19;/h8-13,17,25,30H,14-16H2,1-7H3,(H3-,35,36,37,38,42,45);1H/b39-24-;/t25-,30-;/m1./s1. The van der Waals surface area contributed by atoms with Gasteiger partial charge in [-0.2, -0.15) is 0 Å². The molecule has 1 aromatic carbocycles. The number of esters is 1. The lowest BCUT2D eigenvalue weighted by atomic mass is 10.0. The molecule has 3 amide bonds. The predicted molar refractivity (Wildman–Crippen MR) is 199 cm³/mol. The van der Waals surface area contributed by atoms with Crippen LogP contribution in [0.1, 0.15) is 37.7 Å². The topological polar surface area (TPSA) is 197 Å². The highest BCUT2D eigenvalue weighted by Gasteiger charge is 2.54. The minimum atomic E-state index is -0.964. The number of nitrogens with two attached hydrogens (primary N) is 1. The first-order valence-corrected chi connectivity index (χ1v) is 19.0. The number of thioether (sulfide) groups is 2. The number of oxime groups is 1. The maximum Gasteiger partial charge on any atom is 0.461 e. The SMILES string of the molecule is CO/N=C(\C(=O)N[C@@H]1C(=O)N2C(C(=O)OCc3ccc(OC)cc3)=C(CSc3cc[n+](NC(=O)OC(C)(C)C)c(C)c3OC)CS[C@H]12)c1csc(N)n1.[I-]. The number of amides is 3. The largest absolute Gasteiger partial charge is 1.00 e. The summed E-state index contributed by atoms with van der Waals surface area (Å²) in [6, 6.07) is 7.87. The molecule has 2 atom stereocenters. The summed E-state index contributed by atoms with van der Waals surface area (Å²) in [6.07, 6.45) is 1.04. The van der Waals surface area contributed by atoms with E-state index in [0.29, 0.717) is 34.3 Å². The highest BCUT2D eigenvalue weighted by Crippen LogP contribution is 2.43. The van der Waals surface area contributed by atoms with E-state index >= 15 is 0 Å². The number of β-lactam (4-membered cyclic amide) rings is 1. The van der Waals surface area contributed by atoms with Gasteiger partial charge in [-0.25, -0.2) is 14.6 Å². The number of hydrogen-bond donors (Lipinski definition) is 3. The van der Waals surface area contributed by atoms with Crippen LogP contribution in [-0.4, -0.2) is 89.3 Å². The fourth-order valence-corrected chi connectivity index (χ4v) is 8.40. The van der Waals surface area contributed by atoms with E-state index in [4.69, 9.17) is 29.5 Å². The maximum atomic E-state index is 13.8. The molecule has 2 aliphatic rings. The monoisotopic (exact) mass is 913 g/mol. The molecule has 0 radical (unpaired) electrons. The lowest BCUT2D eigenvalue weighted by Gasteiger charge is -2.49. The predicted octanol–water partition coefficient (Wildman–Crippen LogP) is 0.361. The van der Waals surface area contributed by atoms with Crippen molar-refractivity contribution in [2.75, 3.05) is 44.0 Å². The molecule has 290 valence electrons. The van der Waals surface area contributed by atoms with Crippen LogP contribution in [0.4, 0.5) is 9.93 Å². The number of nitrogen functional groups attached to an aromatic ring is 1. The van der Waals surface area contributed by atoms with Crippen LogP contribution in [0.25, 0.3) is 0 Å². The lowest BCUT2D eigenvalue weighted by molar-refractivity contribution is -0.649. The number of benzene rings is 1. The fourth-order valence-electron chi connectivity index (χ4n) is 5.29. The summed E-state index contributed by atoms with van der Waals surface area (Å²) in [7, 11) is 4.37. The lowest BCUT2D eigenvalue weighted by Crippen LogP contribution is -3.00. The van der Waals surface area contributed by atoms with E-state index in [-0.39, 0.29) is 52.8 Å². The number of nitrogens with zero attached hydrogens (tertiary/aromatic N) is 4. The third kappa shape index (κ3) is 9.87. The third-order valence-electron chi connectivity index (χ3n) is 7.72. The van der Waals surface area contributed by atoms with Gasteiger partial charge in [-0.1, -0.05) is 27.4 Å². The van der Waals surface area contributed by atoms with Gasteiger partial charge >= 0.3 is 12.1 Å². The number of ether oxygens (including phenoxy) is 4. The number of nitrogens with one attached hydrogen (secondary N) is 2. The zero-order chi connectivity index (χ0) is 38.4. The molecule has 1 saturated heterocycles. The number of fused-ring (bicyclic) bond motifs is 1. The summed E-state index contributed by atoms with van der Waals surface area (Å²) in [4.78, 5) is 64.4. The average molecular weight is 914 g/mol. The molecule has 4 N–H and O–H groups in total. The Labute approximate surface area is 341 Å². The Morgan fingerprint density at radius 2 is 1.85 bits per heavy atom. The zero-order valence-corrected chi connectivity index (χ0v) is 35.1. The van der Waals surface area contributed by atoms with Gasteiger partial charge in [0.1, 0.15) is 47.9 Å². The molecule has 0 saturated carbocycles. The van der Waals surface area contributed by atoms with Crippen molar-refractivity contribution >= 4 is 69.6 Å². The summed E-state index contributed by atoms with van der Waals surface area (Å²) < 4.78 is 23.6. The van der Waals surface area contributed by atoms with Crippen molar-refractivity contribution in [1.29, 1.82) is 0 Å². The number of carbonyl (C=O) groups is 4. The van der Waals surface area contributed by atoms with E-state index in [0.717, 1.165) is 21.8 Å². The Hall–Kier alpha value is -4.28. The van der Waals surface area contributed by atoms with Crippen LogP contribution >= 0.6 is 34.9 Å². The van der Waals surface area contributed by atoms with Crippen LogP contribution in [0.2, 0.25) is 0 Å². The summed E-state index contributed by atoms with van der Waals surface area (Å²) in [5, 5.41) is 7.72. The van der Waals surface area contributed by atoms with Gasteiger partial charge in [-0.3, -0.25) is 14.5 Å². The number of thiazole rings is 1. The van der Waals surface area contributed by atoms with Crippen LogP contribution in [0.5, 0.6) is 11.5 Å². The van der Waals surface area contributed by atoms with Gasteiger partial charge in [0.25, 0.3) is 17.5 Å². The number of aromatic nitrogens is 2. The van der Waals surface area contributed by atoms with Gasteiger partial charge in [0.2, 0.25) is 11.9 Å². The van der Waals surface area contributed by atoms with Crippen LogP contribution in [0, 0.1) is 6.92 Å². The van der Waals surface area contributed by atoms with Gasteiger partial charge in [-0.15, -0.1) is 34.9 Å². The van der Waals surface area contributed by atoms with Crippen molar-refractivity contribution in [2.45, 2.75) is 56.2 Å². The molecular weight excluding hydrogens is 874 g/mol. The van der Waals surface area contributed by atoms with Crippen molar-refractivity contribution < 1.29 is 71.6 Å². The normalized spacial score (nSPS) is 16.7. The van der Waals surface area contributed by atoms with Gasteiger partial charge in [0, 0.05) is 29.9 Å². The number of methoxy groups -OCH3 is 2. The van der Waals surface area contributed by atoms with Crippen molar-refractivity contribution in [3.63, 3.8) is 0 Å². The molecule has 16 nitrogen and oxygen atoms in total. The smallest absolute Gasteiger partial charge is 0.461 e. The van der Waals surface area contributed by atoms with Crippen LogP contribution < -0.4 is 54.6 Å². The van der Waals surface area contributed by atoms with Crippen molar-refractivity contribution in [1.82, 2.24) is 15.2 Å². The van der Waals surface area contributed by atoms with E-state index in [1.165, 1.54) is 47.3 Å². The Bertz CT molecular complexity index is 1950. The highest BCUT2D eigenvalue weighted by molar-refractivity contribution is 8.01. The Morgan fingerprint density at radius 1 is 1.13 bits per heavy atom. The van der Waals surface area contributed by atoms with Crippen molar-refractivity contribution in [2.24, 2.45) is 5.16 Å². The van der Waals surface area contributed by atoms with Crippen LogP contribution in [-0.2, 0) is 35.3 Å². The number of anilines is 1. The summed E-state index contributed by atoms with van der Waals surface area (Å²) in [5.41, 5.74) is 9.89. The summed E-state index contributed by atoms with van der Waals surface area (Å²) >= 11 is 3.91. The second-order valence-corrected chi connectivity index (χ2v) is 15.5. The minimum Gasteiger partial charge on any atom is -1.00 e. The van der Waals surface area contributed by atoms with Crippen LogP contribution in [0.15, 0.2) is 63.2 Å². The molecule has 0 bridgehead atoms. The van der Waals surface area contributed by atoms with E-state index in [1.807, 2.05) is 0 Å². The fraction of sp³-hybridized carbons (Fsp3) is 0.382. The molecule has 2 aromatic heterocycles. The first-order chi connectivity index (χ1) is 25.2. The van der Waals surface area contributed by atoms with Gasteiger partial charge in [0.05, 0.1) is 19.1 Å². The van der Waals surface area contributed by atoms with E-state index in [9.17, 15) is 19.2 Å². The third-order valence-corrected chi connectivity index (χ3v) is 10.9. The maximum absolute atomic E-state index is 13.8. The molecular formula is C34H40IN7O9S3. The summed E-state index contributed by atoms with van der Waals surface area (Å²) in [5.74, 6) is -0.0593. The minimum absolute atomic E-state index is 0. The first kappa shape index (κ1) is 42.5. The molecule has 54 heavy (non-hydrogen) atoms. The van der Waals surface area contributed by atoms with E-state index in [2.05, 4.69) is 20.9 Å². The molecule has 5 rings (SSSR count). The van der Waals surface area contributed by atoms with Crippen molar-refractivity contribution in [3.8, 4) is 11.5 Å². The quantitative estimate of drug-likeness (QED) is 0.0405. The summed E-state index contributed by atoms with van der Waals surface area (Å²) in [6.45, 7) is 7.05. The van der Waals surface area contributed by atoms with Crippen molar-refractivity contribution in [3.05, 3.63) is 70.1 Å². The zero-order valence-electron chi connectivity index (χ0n) is 30.5. The number of hydrogen-bond acceptors (Lipinski definition) is 15. The van der Waals surface area contributed by atoms with Gasteiger partial charge in [-0.05, 0) is 44.0 Å². The average Bonchev–Trinajstić information content (AvgIpc) is 3.56. The molecule has 3 aromatic rings. The molecule has 1 fully saturated rings.